The van der Waals surface area contributed by atoms with E-state index in [0.29, 0.717) is 11.8 Å². The van der Waals surface area contributed by atoms with Crippen molar-refractivity contribution in [1.82, 2.24) is 9.97 Å². The van der Waals surface area contributed by atoms with Gasteiger partial charge in [-0.05, 0) is 31.2 Å². The lowest BCUT2D eigenvalue weighted by Gasteiger charge is -2.15. The lowest BCUT2D eigenvalue weighted by atomic mass is 10.3. The Morgan fingerprint density at radius 2 is 1.81 bits per heavy atom. The summed E-state index contributed by atoms with van der Waals surface area (Å²) in [5, 5.41) is 14.2. The summed E-state index contributed by atoms with van der Waals surface area (Å²) in [6.07, 6.45) is -4.70. The fraction of sp³-hybridized carbons (Fsp3) is 0.333. The first-order chi connectivity index (χ1) is 12.2. The van der Waals surface area contributed by atoms with Crippen LogP contribution in [0.4, 0.5) is 39.4 Å². The molecule has 2 aromatic rings. The van der Waals surface area contributed by atoms with Gasteiger partial charge >= 0.3 is 12.8 Å². The van der Waals surface area contributed by atoms with Crippen molar-refractivity contribution in [2.24, 2.45) is 0 Å². The number of alkyl halides is 5. The maximum atomic E-state index is 13.0. The van der Waals surface area contributed by atoms with E-state index in [-0.39, 0.29) is 24.1 Å². The molecule has 0 aliphatic rings. The largest absolute Gasteiger partial charge is 0.435 e. The van der Waals surface area contributed by atoms with Gasteiger partial charge in [0.1, 0.15) is 11.6 Å². The minimum atomic E-state index is -4.70. The van der Waals surface area contributed by atoms with Crippen LogP contribution in [0.15, 0.2) is 30.3 Å². The Labute approximate surface area is 145 Å². The number of halogens is 5. The van der Waals surface area contributed by atoms with Crippen molar-refractivity contribution in [2.75, 3.05) is 17.2 Å². The van der Waals surface area contributed by atoms with Gasteiger partial charge < -0.3 is 20.5 Å². The molecule has 0 aliphatic carbocycles. The van der Waals surface area contributed by atoms with E-state index in [0.717, 1.165) is 0 Å². The van der Waals surface area contributed by atoms with Crippen LogP contribution in [0.1, 0.15) is 12.6 Å². The van der Waals surface area contributed by atoms with Gasteiger partial charge in [-0.25, -0.2) is 4.98 Å². The van der Waals surface area contributed by atoms with E-state index in [9.17, 15) is 22.0 Å². The number of nitrogens with one attached hydrogen (secondary N) is 2. The SMILES string of the molecule is C[C@@H](CO)Nc1nc(Nc2ccc(OC(F)F)cc2)cc(C(F)(F)F)n1. The van der Waals surface area contributed by atoms with Gasteiger partial charge in [0.2, 0.25) is 5.95 Å². The highest BCUT2D eigenvalue weighted by molar-refractivity contribution is 5.58. The van der Waals surface area contributed by atoms with Gasteiger partial charge in [-0.3, -0.25) is 0 Å². The Hall–Kier alpha value is -2.69. The fourth-order valence-corrected chi connectivity index (χ4v) is 1.85. The van der Waals surface area contributed by atoms with Crippen LogP contribution in [0.5, 0.6) is 5.75 Å². The maximum absolute atomic E-state index is 13.0. The van der Waals surface area contributed by atoms with Crippen LogP contribution in [-0.4, -0.2) is 34.3 Å². The summed E-state index contributed by atoms with van der Waals surface area (Å²) in [6, 6.07) is 5.30. The molecular weight excluding hydrogens is 363 g/mol. The predicted octanol–water partition coefficient (Wildman–Crippen LogP) is 3.63. The number of benzene rings is 1. The van der Waals surface area contributed by atoms with E-state index in [2.05, 4.69) is 25.3 Å². The first-order valence-corrected chi connectivity index (χ1v) is 7.33. The lowest BCUT2D eigenvalue weighted by molar-refractivity contribution is -0.141. The predicted molar refractivity (Wildman–Crippen MR) is 83.6 cm³/mol. The molecule has 11 heteroatoms. The third kappa shape index (κ3) is 5.69. The van der Waals surface area contributed by atoms with E-state index in [1.54, 1.807) is 6.92 Å². The summed E-state index contributed by atoms with van der Waals surface area (Å²) in [5.41, 5.74) is -0.875. The summed E-state index contributed by atoms with van der Waals surface area (Å²) in [7, 11) is 0. The van der Waals surface area contributed by atoms with Crippen LogP contribution in [0, 0.1) is 0 Å². The molecule has 0 saturated carbocycles. The summed E-state index contributed by atoms with van der Waals surface area (Å²) in [4.78, 5) is 7.28. The molecule has 0 amide bonds. The van der Waals surface area contributed by atoms with Crippen LogP contribution < -0.4 is 15.4 Å². The zero-order valence-corrected chi connectivity index (χ0v) is 13.4. The van der Waals surface area contributed by atoms with Gasteiger partial charge in [0.05, 0.1) is 6.61 Å². The van der Waals surface area contributed by atoms with Crippen molar-refractivity contribution in [2.45, 2.75) is 25.8 Å². The molecule has 1 atom stereocenters. The minimum absolute atomic E-state index is 0.0941. The Bertz CT molecular complexity index is 725. The van der Waals surface area contributed by atoms with Crippen molar-refractivity contribution in [1.29, 1.82) is 0 Å². The molecule has 1 aromatic carbocycles. The quantitative estimate of drug-likeness (QED) is 0.639. The number of ether oxygens (including phenoxy) is 1. The molecule has 26 heavy (non-hydrogen) atoms. The molecule has 3 N–H and O–H groups in total. The molecule has 0 saturated heterocycles. The van der Waals surface area contributed by atoms with Crippen molar-refractivity contribution in [3.8, 4) is 5.75 Å². The molecule has 0 radical (unpaired) electrons. The highest BCUT2D eigenvalue weighted by Crippen LogP contribution is 2.30. The fourth-order valence-electron chi connectivity index (χ4n) is 1.85. The first kappa shape index (κ1) is 19.6. The van der Waals surface area contributed by atoms with Crippen molar-refractivity contribution in [3.05, 3.63) is 36.0 Å². The number of aromatic nitrogens is 2. The molecular formula is C15H15F5N4O2. The number of anilines is 3. The lowest BCUT2D eigenvalue weighted by Crippen LogP contribution is -2.22. The summed E-state index contributed by atoms with van der Waals surface area (Å²) in [5.74, 6) is -0.577. The zero-order chi connectivity index (χ0) is 19.3. The van der Waals surface area contributed by atoms with Gasteiger partial charge in [-0.2, -0.15) is 26.9 Å². The van der Waals surface area contributed by atoms with E-state index in [4.69, 9.17) is 5.11 Å². The van der Waals surface area contributed by atoms with E-state index < -0.39 is 24.5 Å². The van der Waals surface area contributed by atoms with Gasteiger partial charge in [-0.15, -0.1) is 0 Å². The number of aliphatic hydroxyl groups excluding tert-OH is 1. The third-order valence-corrected chi connectivity index (χ3v) is 3.02. The maximum Gasteiger partial charge on any atom is 0.433 e. The Balaban J connectivity index is 2.25. The highest BCUT2D eigenvalue weighted by atomic mass is 19.4. The number of hydrogen-bond donors (Lipinski definition) is 3. The van der Waals surface area contributed by atoms with Crippen molar-refractivity contribution >= 4 is 17.5 Å². The van der Waals surface area contributed by atoms with Gasteiger partial charge in [-0.1, -0.05) is 0 Å². The minimum Gasteiger partial charge on any atom is -0.435 e. The van der Waals surface area contributed by atoms with E-state index in [1.807, 2.05) is 0 Å². The molecule has 142 valence electrons. The average Bonchev–Trinajstić information content (AvgIpc) is 2.55. The second-order valence-corrected chi connectivity index (χ2v) is 5.22. The number of aliphatic hydroxyl groups is 1. The molecule has 0 unspecified atom stereocenters. The van der Waals surface area contributed by atoms with Crippen LogP contribution in [0.2, 0.25) is 0 Å². The first-order valence-electron chi connectivity index (χ1n) is 7.33. The van der Waals surface area contributed by atoms with Crippen LogP contribution in [-0.2, 0) is 6.18 Å². The normalized spacial score (nSPS) is 12.8. The van der Waals surface area contributed by atoms with Gasteiger partial charge in [0.25, 0.3) is 0 Å². The monoisotopic (exact) mass is 378 g/mol. The van der Waals surface area contributed by atoms with Gasteiger partial charge in [0.15, 0.2) is 5.69 Å². The molecule has 0 aliphatic heterocycles. The van der Waals surface area contributed by atoms with Crippen LogP contribution in [0.25, 0.3) is 0 Å². The molecule has 0 spiro atoms. The number of rotatable bonds is 7. The summed E-state index contributed by atoms with van der Waals surface area (Å²) in [6.45, 7) is -1.76. The highest BCUT2D eigenvalue weighted by Gasteiger charge is 2.34. The van der Waals surface area contributed by atoms with Gasteiger partial charge in [0, 0.05) is 17.8 Å². The Kier molecular flexibility index (Phi) is 6.14. The smallest absolute Gasteiger partial charge is 0.433 e. The molecule has 6 nitrogen and oxygen atoms in total. The second kappa shape index (κ2) is 8.13. The second-order valence-electron chi connectivity index (χ2n) is 5.22. The molecule has 1 heterocycles. The summed E-state index contributed by atoms with van der Waals surface area (Å²) >= 11 is 0. The molecule has 1 aromatic heterocycles. The average molecular weight is 378 g/mol. The molecule has 0 fully saturated rings. The van der Waals surface area contributed by atoms with E-state index in [1.165, 1.54) is 24.3 Å². The zero-order valence-electron chi connectivity index (χ0n) is 13.4. The van der Waals surface area contributed by atoms with Crippen LogP contribution >= 0.6 is 0 Å². The third-order valence-electron chi connectivity index (χ3n) is 3.02. The Morgan fingerprint density at radius 1 is 1.15 bits per heavy atom. The number of nitrogens with zero attached hydrogens (tertiary/aromatic N) is 2. The number of hydrogen-bond acceptors (Lipinski definition) is 6. The van der Waals surface area contributed by atoms with Crippen molar-refractivity contribution < 1.29 is 31.8 Å². The van der Waals surface area contributed by atoms with Crippen LogP contribution in [0.3, 0.4) is 0 Å². The Morgan fingerprint density at radius 3 is 2.35 bits per heavy atom. The molecule has 2 rings (SSSR count). The summed E-state index contributed by atoms with van der Waals surface area (Å²) < 4.78 is 67.4. The standard InChI is InChI=1S/C15H15F5N4O2/c1-8(7-25)21-14-23-11(15(18,19)20)6-12(24-14)22-9-2-4-10(5-3-9)26-13(16)17/h2-6,8,13,25H,7H2,1H3,(H2,21,22,23,24)/t8-/m0/s1. The van der Waals surface area contributed by atoms with Crippen molar-refractivity contribution in [3.63, 3.8) is 0 Å². The van der Waals surface area contributed by atoms with E-state index >= 15 is 0 Å². The topological polar surface area (TPSA) is 79.3 Å². The molecule has 0 bridgehead atoms.